The van der Waals surface area contributed by atoms with Gasteiger partial charge in [-0.2, -0.15) is 0 Å². The number of halogens is 1. The Morgan fingerprint density at radius 3 is 2.41 bits per heavy atom. The number of hydrogen-bond acceptors (Lipinski definition) is 4. The van der Waals surface area contributed by atoms with Gasteiger partial charge in [-0.05, 0) is 45.1 Å². The smallest absolute Gasteiger partial charge is 0.191 e. The molecule has 2 rings (SSSR count). The second kappa shape index (κ2) is 14.1. The molecule has 0 unspecified atom stereocenters. The van der Waals surface area contributed by atoms with E-state index in [9.17, 15) is 0 Å². The number of morpholine rings is 1. The predicted octanol–water partition coefficient (Wildman–Crippen LogP) is 2.14. The molecule has 1 heterocycles. The van der Waals surface area contributed by atoms with Gasteiger partial charge in [0.2, 0.25) is 0 Å². The first-order chi connectivity index (χ1) is 12.7. The summed E-state index contributed by atoms with van der Waals surface area (Å²) in [6, 6.07) is 8.72. The molecule has 27 heavy (non-hydrogen) atoms. The zero-order valence-electron chi connectivity index (χ0n) is 17.0. The van der Waals surface area contributed by atoms with Crippen LogP contribution >= 0.6 is 24.0 Å². The summed E-state index contributed by atoms with van der Waals surface area (Å²) in [4.78, 5) is 9.35. The summed E-state index contributed by atoms with van der Waals surface area (Å²) in [6.07, 6.45) is 1.11. The van der Waals surface area contributed by atoms with Gasteiger partial charge in [0, 0.05) is 32.7 Å². The number of guanidine groups is 1. The van der Waals surface area contributed by atoms with Crippen molar-refractivity contribution in [3.8, 4) is 0 Å². The Bertz CT molecular complexity index is 530. The van der Waals surface area contributed by atoms with Gasteiger partial charge in [0.05, 0.1) is 19.8 Å². The van der Waals surface area contributed by atoms with Crippen molar-refractivity contribution in [1.82, 2.24) is 20.4 Å². The Labute approximate surface area is 181 Å². The van der Waals surface area contributed by atoms with Crippen molar-refractivity contribution < 1.29 is 4.74 Å². The minimum Gasteiger partial charge on any atom is -0.379 e. The average molecular weight is 489 g/mol. The maximum Gasteiger partial charge on any atom is 0.191 e. The molecule has 1 aliphatic rings. The summed E-state index contributed by atoms with van der Waals surface area (Å²) < 4.78 is 5.39. The van der Waals surface area contributed by atoms with Gasteiger partial charge in [0.25, 0.3) is 0 Å². The molecular formula is C20H36IN5O. The summed E-state index contributed by atoms with van der Waals surface area (Å²) in [5.41, 5.74) is 2.56. The average Bonchev–Trinajstić information content (AvgIpc) is 2.64. The Balaban J connectivity index is 0.00000364. The summed E-state index contributed by atoms with van der Waals surface area (Å²) in [5, 5.41) is 6.77. The zero-order chi connectivity index (χ0) is 18.6. The van der Waals surface area contributed by atoms with E-state index in [0.717, 1.165) is 64.9 Å². The van der Waals surface area contributed by atoms with Crippen LogP contribution in [0.5, 0.6) is 0 Å². The van der Waals surface area contributed by atoms with Crippen LogP contribution < -0.4 is 10.6 Å². The van der Waals surface area contributed by atoms with Gasteiger partial charge in [-0.3, -0.25) is 4.90 Å². The molecule has 6 nitrogen and oxygen atoms in total. The van der Waals surface area contributed by atoms with E-state index < -0.39 is 0 Å². The van der Waals surface area contributed by atoms with Crippen molar-refractivity contribution >= 4 is 29.9 Å². The third-order valence-electron chi connectivity index (χ3n) is 4.33. The van der Waals surface area contributed by atoms with Crippen LogP contribution in [0.1, 0.15) is 24.5 Å². The van der Waals surface area contributed by atoms with Gasteiger partial charge in [0.1, 0.15) is 0 Å². The van der Waals surface area contributed by atoms with Crippen LogP contribution in [0.2, 0.25) is 0 Å². The van der Waals surface area contributed by atoms with Crippen LogP contribution in [0.3, 0.4) is 0 Å². The molecule has 7 heteroatoms. The number of ether oxygens (including phenoxy) is 1. The lowest BCUT2D eigenvalue weighted by molar-refractivity contribution is 0.0376. The van der Waals surface area contributed by atoms with Gasteiger partial charge in [-0.15, -0.1) is 24.0 Å². The molecule has 1 saturated heterocycles. The minimum atomic E-state index is 0. The van der Waals surface area contributed by atoms with Crippen LogP contribution in [0.25, 0.3) is 0 Å². The fourth-order valence-electron chi connectivity index (χ4n) is 2.96. The van der Waals surface area contributed by atoms with E-state index in [1.54, 1.807) is 0 Å². The van der Waals surface area contributed by atoms with E-state index in [1.165, 1.54) is 11.1 Å². The van der Waals surface area contributed by atoms with E-state index >= 15 is 0 Å². The third kappa shape index (κ3) is 10.3. The highest BCUT2D eigenvalue weighted by atomic mass is 127. The molecule has 0 radical (unpaired) electrons. The van der Waals surface area contributed by atoms with Crippen LogP contribution in [0.4, 0.5) is 0 Å². The molecule has 0 bridgehead atoms. The largest absolute Gasteiger partial charge is 0.379 e. The highest BCUT2D eigenvalue weighted by Gasteiger charge is 2.09. The van der Waals surface area contributed by atoms with Crippen molar-refractivity contribution in [3.63, 3.8) is 0 Å². The minimum absolute atomic E-state index is 0. The quantitative estimate of drug-likeness (QED) is 0.241. The third-order valence-corrected chi connectivity index (χ3v) is 4.33. The van der Waals surface area contributed by atoms with Crippen molar-refractivity contribution in [1.29, 1.82) is 0 Å². The van der Waals surface area contributed by atoms with Gasteiger partial charge in [-0.1, -0.05) is 24.3 Å². The van der Waals surface area contributed by atoms with Gasteiger partial charge >= 0.3 is 0 Å². The molecule has 1 aromatic carbocycles. The monoisotopic (exact) mass is 489 g/mol. The van der Waals surface area contributed by atoms with Crippen LogP contribution in [-0.4, -0.2) is 75.8 Å². The molecule has 0 saturated carbocycles. The van der Waals surface area contributed by atoms with E-state index in [-0.39, 0.29) is 24.0 Å². The molecular weight excluding hydrogens is 453 g/mol. The highest BCUT2D eigenvalue weighted by Crippen LogP contribution is 2.07. The number of aliphatic imine (C=N–C) groups is 1. The van der Waals surface area contributed by atoms with Gasteiger partial charge < -0.3 is 20.3 Å². The highest BCUT2D eigenvalue weighted by molar-refractivity contribution is 14.0. The second-order valence-corrected chi connectivity index (χ2v) is 6.98. The van der Waals surface area contributed by atoms with Crippen molar-refractivity contribution in [2.75, 3.05) is 60.0 Å². The topological polar surface area (TPSA) is 52.1 Å². The van der Waals surface area contributed by atoms with E-state index in [0.29, 0.717) is 6.54 Å². The molecule has 0 aliphatic carbocycles. The van der Waals surface area contributed by atoms with E-state index in [4.69, 9.17) is 9.73 Å². The summed E-state index contributed by atoms with van der Waals surface area (Å²) in [5.74, 6) is 0.895. The lowest BCUT2D eigenvalue weighted by Crippen LogP contribution is -2.40. The van der Waals surface area contributed by atoms with Gasteiger partial charge in [0.15, 0.2) is 5.96 Å². The fourth-order valence-corrected chi connectivity index (χ4v) is 2.96. The molecule has 0 spiro atoms. The fraction of sp³-hybridized carbons (Fsp3) is 0.650. The van der Waals surface area contributed by atoms with Crippen LogP contribution in [-0.2, 0) is 17.8 Å². The number of hydrogen-bond donors (Lipinski definition) is 2. The normalized spacial score (nSPS) is 15.5. The maximum atomic E-state index is 5.39. The number of nitrogens with one attached hydrogen (secondary N) is 2. The van der Waals surface area contributed by atoms with Crippen LogP contribution in [0.15, 0.2) is 29.3 Å². The Morgan fingerprint density at radius 1 is 1.11 bits per heavy atom. The second-order valence-electron chi connectivity index (χ2n) is 6.98. The Morgan fingerprint density at radius 2 is 1.78 bits per heavy atom. The Kier molecular flexibility index (Phi) is 12.6. The van der Waals surface area contributed by atoms with E-state index in [2.05, 4.69) is 65.7 Å². The maximum absolute atomic E-state index is 5.39. The summed E-state index contributed by atoms with van der Waals surface area (Å²) in [7, 11) is 4.18. The molecule has 1 aromatic rings. The first kappa shape index (κ1) is 24.1. The molecule has 1 aliphatic heterocycles. The zero-order valence-corrected chi connectivity index (χ0v) is 19.4. The lowest BCUT2D eigenvalue weighted by atomic mass is 10.1. The van der Waals surface area contributed by atoms with E-state index in [1.807, 2.05) is 0 Å². The first-order valence-corrected chi connectivity index (χ1v) is 9.72. The van der Waals surface area contributed by atoms with Crippen molar-refractivity contribution in [2.45, 2.75) is 26.4 Å². The van der Waals surface area contributed by atoms with Crippen molar-refractivity contribution in [3.05, 3.63) is 35.4 Å². The van der Waals surface area contributed by atoms with Crippen molar-refractivity contribution in [2.24, 2.45) is 4.99 Å². The summed E-state index contributed by atoms with van der Waals surface area (Å²) >= 11 is 0. The lowest BCUT2D eigenvalue weighted by Gasteiger charge is -2.26. The number of rotatable bonds is 9. The standard InChI is InChI=1S/C20H35N5O.HI/c1-4-21-20(22-10-5-11-25-12-14-26-15-13-25)23-16-18-6-8-19(9-7-18)17-24(2)3;/h6-9H,4-5,10-17H2,1-3H3,(H2,21,22,23);1H. The molecule has 1 fully saturated rings. The Hall–Kier alpha value is -0.900. The van der Waals surface area contributed by atoms with Gasteiger partial charge in [-0.25, -0.2) is 4.99 Å². The number of benzene rings is 1. The summed E-state index contributed by atoms with van der Waals surface area (Å²) in [6.45, 7) is 10.5. The van der Waals surface area contributed by atoms with Crippen LogP contribution in [0, 0.1) is 0 Å². The number of nitrogens with zero attached hydrogens (tertiary/aromatic N) is 3. The molecule has 0 amide bonds. The molecule has 2 N–H and O–H groups in total. The predicted molar refractivity (Wildman–Crippen MR) is 124 cm³/mol. The first-order valence-electron chi connectivity index (χ1n) is 9.72. The molecule has 154 valence electrons. The molecule has 0 atom stereocenters. The molecule has 0 aromatic heterocycles. The SMILES string of the molecule is CCNC(=NCc1ccc(CN(C)C)cc1)NCCCN1CCOCC1.I.